The molecule has 1 amide bonds. The molecule has 3 aromatic heterocycles. The second-order valence-electron chi connectivity index (χ2n) is 6.52. The van der Waals surface area contributed by atoms with Gasteiger partial charge in [0.2, 0.25) is 0 Å². The lowest BCUT2D eigenvalue weighted by atomic mass is 10.1. The van der Waals surface area contributed by atoms with Gasteiger partial charge in [-0.2, -0.15) is 31.4 Å². The molecule has 0 saturated heterocycles. The average molecular weight is 483 g/mol. The van der Waals surface area contributed by atoms with Crippen molar-refractivity contribution in [3.05, 3.63) is 77.1 Å². The zero-order valence-electron chi connectivity index (χ0n) is 16.1. The van der Waals surface area contributed by atoms with E-state index in [1.165, 1.54) is 29.8 Å². The number of hydrogen-bond donors (Lipinski definition) is 1. The van der Waals surface area contributed by atoms with Gasteiger partial charge in [-0.1, -0.05) is 24.3 Å². The molecule has 0 aliphatic carbocycles. The van der Waals surface area contributed by atoms with Crippen LogP contribution in [-0.2, 0) is 12.4 Å². The van der Waals surface area contributed by atoms with Crippen LogP contribution in [0.3, 0.4) is 0 Å². The number of carbonyl (C=O) groups excluding carboxylic acids is 1. The molecule has 0 fully saturated rings. The lowest BCUT2D eigenvalue weighted by Crippen LogP contribution is -2.22. The summed E-state index contributed by atoms with van der Waals surface area (Å²) in [5.41, 5.74) is -5.03. The summed E-state index contributed by atoms with van der Waals surface area (Å²) in [6.45, 7) is 0. The molecule has 0 bridgehead atoms. The largest absolute Gasteiger partial charge is 0.436 e. The highest BCUT2D eigenvalue weighted by molar-refractivity contribution is 7.14. The lowest BCUT2D eigenvalue weighted by molar-refractivity contribution is -0.144. The van der Waals surface area contributed by atoms with Gasteiger partial charge in [0.15, 0.2) is 16.5 Å². The van der Waals surface area contributed by atoms with Gasteiger partial charge in [-0.25, -0.2) is 9.67 Å². The van der Waals surface area contributed by atoms with Crippen LogP contribution < -0.4 is 5.32 Å². The average Bonchev–Trinajstić information content (AvgIpc) is 3.40. The Morgan fingerprint density at radius 2 is 1.61 bits per heavy atom. The Kier molecular flexibility index (Phi) is 5.66. The molecule has 4 rings (SSSR count). The van der Waals surface area contributed by atoms with Gasteiger partial charge < -0.3 is 0 Å². The fraction of sp³-hybridized carbons (Fsp3) is 0.100. The molecule has 0 aliphatic heterocycles. The number of anilines is 1. The minimum absolute atomic E-state index is 0.0684. The molecule has 1 aromatic carbocycles. The molecule has 0 spiro atoms. The van der Waals surface area contributed by atoms with Gasteiger partial charge in [-0.05, 0) is 24.3 Å². The number of carbonyl (C=O) groups is 1. The van der Waals surface area contributed by atoms with E-state index in [1.54, 1.807) is 18.2 Å². The molecule has 13 heteroatoms. The lowest BCUT2D eigenvalue weighted by Gasteiger charge is -2.12. The third-order valence-corrected chi connectivity index (χ3v) is 5.06. The number of para-hydroxylation sites is 1. The number of benzene rings is 1. The Bertz CT molecular complexity index is 1280. The van der Waals surface area contributed by atoms with E-state index in [0.717, 1.165) is 23.5 Å². The Morgan fingerprint density at radius 3 is 2.21 bits per heavy atom. The second-order valence-corrected chi connectivity index (χ2v) is 7.38. The molecule has 0 unspecified atom stereocenters. The van der Waals surface area contributed by atoms with Crippen LogP contribution in [0, 0.1) is 0 Å². The summed E-state index contributed by atoms with van der Waals surface area (Å²) < 4.78 is 82.6. The smallest absolute Gasteiger partial charge is 0.298 e. The van der Waals surface area contributed by atoms with Crippen molar-refractivity contribution in [1.29, 1.82) is 0 Å². The number of thiazole rings is 1. The van der Waals surface area contributed by atoms with E-state index in [-0.39, 0.29) is 15.5 Å². The van der Waals surface area contributed by atoms with Crippen LogP contribution in [0.1, 0.15) is 21.7 Å². The number of nitrogens with one attached hydrogen (secondary N) is 1. The van der Waals surface area contributed by atoms with Crippen molar-refractivity contribution in [2.75, 3.05) is 5.32 Å². The standard InChI is InChI=1S/C20H11F6N5OS/c21-19(22,23)15-14(16(20(24,25)26)31(30-15)11-6-2-1-3-7-11)17(32)29-18-28-13(10-33-18)12-8-4-5-9-27-12/h1-10H,(H,28,29,32). The third-order valence-electron chi connectivity index (χ3n) is 4.30. The second kappa shape index (κ2) is 8.31. The SMILES string of the molecule is O=C(Nc1nc(-c2ccccn2)cs1)c1c(C(F)(F)F)nn(-c2ccccc2)c1C(F)(F)F. The summed E-state index contributed by atoms with van der Waals surface area (Å²) in [7, 11) is 0. The number of alkyl halides is 6. The summed E-state index contributed by atoms with van der Waals surface area (Å²) in [4.78, 5) is 20.8. The van der Waals surface area contributed by atoms with E-state index in [9.17, 15) is 31.1 Å². The van der Waals surface area contributed by atoms with Gasteiger partial charge in [0.05, 0.1) is 11.4 Å². The normalized spacial score (nSPS) is 12.1. The predicted molar refractivity (Wildman–Crippen MR) is 107 cm³/mol. The monoisotopic (exact) mass is 483 g/mol. The minimum Gasteiger partial charge on any atom is -0.298 e. The van der Waals surface area contributed by atoms with Crippen LogP contribution in [0.4, 0.5) is 31.5 Å². The number of hydrogen-bond acceptors (Lipinski definition) is 5. The first-order valence-electron chi connectivity index (χ1n) is 9.07. The molecule has 33 heavy (non-hydrogen) atoms. The summed E-state index contributed by atoms with van der Waals surface area (Å²) in [5.74, 6) is -1.64. The Hall–Kier alpha value is -3.74. The number of amides is 1. The molecule has 0 radical (unpaired) electrons. The number of aromatic nitrogens is 4. The number of rotatable bonds is 4. The molecule has 0 saturated carbocycles. The zero-order chi connectivity index (χ0) is 23.8. The minimum atomic E-state index is -5.32. The number of halogens is 6. The van der Waals surface area contributed by atoms with E-state index in [2.05, 4.69) is 15.1 Å². The molecule has 0 atom stereocenters. The van der Waals surface area contributed by atoms with Gasteiger partial charge in [-0.3, -0.25) is 15.1 Å². The number of pyridine rings is 1. The van der Waals surface area contributed by atoms with Crippen LogP contribution >= 0.6 is 11.3 Å². The molecule has 1 N–H and O–H groups in total. The van der Waals surface area contributed by atoms with Crippen molar-refractivity contribution in [1.82, 2.24) is 19.7 Å². The highest BCUT2D eigenvalue weighted by Gasteiger charge is 2.49. The summed E-state index contributed by atoms with van der Waals surface area (Å²) in [6, 6.07) is 11.4. The highest BCUT2D eigenvalue weighted by atomic mass is 32.1. The summed E-state index contributed by atoms with van der Waals surface area (Å²) >= 11 is 0.824. The molecular weight excluding hydrogens is 472 g/mol. The maximum atomic E-state index is 13.9. The van der Waals surface area contributed by atoms with Gasteiger partial charge in [0.1, 0.15) is 11.3 Å². The molecule has 4 aromatic rings. The van der Waals surface area contributed by atoms with Crippen molar-refractivity contribution in [2.24, 2.45) is 0 Å². The summed E-state index contributed by atoms with van der Waals surface area (Å²) in [5, 5.41) is 6.40. The van der Waals surface area contributed by atoms with Crippen LogP contribution in [0.25, 0.3) is 17.1 Å². The van der Waals surface area contributed by atoms with Crippen molar-refractivity contribution in [3.8, 4) is 17.1 Å². The van der Waals surface area contributed by atoms with Gasteiger partial charge in [0, 0.05) is 11.6 Å². The Balaban J connectivity index is 1.80. The quantitative estimate of drug-likeness (QED) is 0.379. The Labute approximate surface area is 185 Å². The first kappa shape index (κ1) is 22.5. The first-order chi connectivity index (χ1) is 15.6. The third kappa shape index (κ3) is 4.58. The van der Waals surface area contributed by atoms with Crippen LogP contribution in [-0.4, -0.2) is 25.7 Å². The fourth-order valence-corrected chi connectivity index (χ4v) is 3.67. The number of nitrogens with zero attached hydrogens (tertiary/aromatic N) is 4. The van der Waals surface area contributed by atoms with E-state index < -0.39 is 35.2 Å². The first-order valence-corrected chi connectivity index (χ1v) is 9.95. The highest BCUT2D eigenvalue weighted by Crippen LogP contribution is 2.41. The van der Waals surface area contributed by atoms with Crippen molar-refractivity contribution in [3.63, 3.8) is 0 Å². The van der Waals surface area contributed by atoms with E-state index in [1.807, 2.05) is 5.32 Å². The molecule has 6 nitrogen and oxygen atoms in total. The summed E-state index contributed by atoms with van der Waals surface area (Å²) in [6.07, 6.45) is -9.16. The van der Waals surface area contributed by atoms with E-state index >= 15 is 0 Å². The van der Waals surface area contributed by atoms with Crippen LogP contribution in [0.15, 0.2) is 60.1 Å². The molecule has 0 aliphatic rings. The van der Waals surface area contributed by atoms with Crippen LogP contribution in [0.2, 0.25) is 0 Å². The fourth-order valence-electron chi connectivity index (χ4n) is 2.97. The van der Waals surface area contributed by atoms with Gasteiger partial charge >= 0.3 is 12.4 Å². The van der Waals surface area contributed by atoms with Crippen LogP contribution in [0.5, 0.6) is 0 Å². The van der Waals surface area contributed by atoms with Gasteiger partial charge in [0.25, 0.3) is 5.91 Å². The molecular formula is C20H11F6N5OS. The van der Waals surface area contributed by atoms with E-state index in [4.69, 9.17) is 0 Å². The van der Waals surface area contributed by atoms with Gasteiger partial charge in [-0.15, -0.1) is 11.3 Å². The maximum absolute atomic E-state index is 13.9. The molecule has 3 heterocycles. The predicted octanol–water partition coefficient (Wildman–Crippen LogP) is 5.68. The van der Waals surface area contributed by atoms with Crippen molar-refractivity contribution < 1.29 is 31.1 Å². The zero-order valence-corrected chi connectivity index (χ0v) is 17.0. The molecule has 170 valence electrons. The maximum Gasteiger partial charge on any atom is 0.436 e. The van der Waals surface area contributed by atoms with E-state index in [0.29, 0.717) is 11.4 Å². The topological polar surface area (TPSA) is 72.7 Å². The van der Waals surface area contributed by atoms with Crippen molar-refractivity contribution in [2.45, 2.75) is 12.4 Å². The van der Waals surface area contributed by atoms with Crippen molar-refractivity contribution >= 4 is 22.4 Å². The Morgan fingerprint density at radius 1 is 0.909 bits per heavy atom.